The molecule has 0 radical (unpaired) electrons. The quantitative estimate of drug-likeness (QED) is 0.725. The molecule has 2 aliphatic heterocycles. The first-order valence-electron chi connectivity index (χ1n) is 9.86. The lowest BCUT2D eigenvalue weighted by Crippen LogP contribution is -2.50. The van der Waals surface area contributed by atoms with E-state index in [0.717, 1.165) is 6.41 Å². The number of hydrogen-bond donors (Lipinski definition) is 2. The summed E-state index contributed by atoms with van der Waals surface area (Å²) in [6.45, 7) is 2.24. The predicted octanol–water partition coefficient (Wildman–Crippen LogP) is 0.934. The molecule has 1 fully saturated rings. The topological polar surface area (TPSA) is 114 Å². The molecule has 0 spiro atoms. The number of nitrogens with one attached hydrogen (secondary N) is 1. The Hall–Kier alpha value is -3.43. The average Bonchev–Trinajstić information content (AvgIpc) is 3.13. The minimum absolute atomic E-state index is 0.000923. The zero-order chi connectivity index (χ0) is 21.3. The Morgan fingerprint density at radius 3 is 2.63 bits per heavy atom. The summed E-state index contributed by atoms with van der Waals surface area (Å²) < 4.78 is 15.3. The van der Waals surface area contributed by atoms with Crippen LogP contribution in [-0.4, -0.2) is 63.6 Å². The Kier molecular flexibility index (Phi) is 5.39. The van der Waals surface area contributed by atoms with E-state index < -0.39 is 11.7 Å². The molecule has 0 aliphatic carbocycles. The predicted molar refractivity (Wildman–Crippen MR) is 106 cm³/mol. The molecule has 0 atom stereocenters. The number of likely N-dealkylation sites (tertiary alicyclic amines) is 1. The molecular formula is C20H23FN6O3. The molecule has 4 rings (SSSR count). The Labute approximate surface area is 172 Å². The van der Waals surface area contributed by atoms with Gasteiger partial charge in [-0.1, -0.05) is 12.1 Å². The van der Waals surface area contributed by atoms with Gasteiger partial charge in [0.15, 0.2) is 0 Å². The van der Waals surface area contributed by atoms with Crippen molar-refractivity contribution in [2.75, 3.05) is 19.6 Å². The second-order valence-corrected chi connectivity index (χ2v) is 7.55. The molecule has 4 amide bonds. The van der Waals surface area contributed by atoms with Crippen molar-refractivity contribution in [3.63, 3.8) is 0 Å². The Morgan fingerprint density at radius 1 is 1.20 bits per heavy atom. The average molecular weight is 414 g/mol. The van der Waals surface area contributed by atoms with Gasteiger partial charge in [0.1, 0.15) is 11.5 Å². The van der Waals surface area contributed by atoms with Gasteiger partial charge in [-0.05, 0) is 25.0 Å². The summed E-state index contributed by atoms with van der Waals surface area (Å²) in [6.07, 6.45) is 2.23. The van der Waals surface area contributed by atoms with Gasteiger partial charge in [-0.2, -0.15) is 5.10 Å². The van der Waals surface area contributed by atoms with Gasteiger partial charge in [0.25, 0.3) is 5.91 Å². The van der Waals surface area contributed by atoms with Gasteiger partial charge in [0.2, 0.25) is 6.41 Å². The van der Waals surface area contributed by atoms with Crippen LogP contribution >= 0.6 is 0 Å². The lowest BCUT2D eigenvalue weighted by Gasteiger charge is -2.33. The molecule has 30 heavy (non-hydrogen) atoms. The molecule has 2 aliphatic rings. The molecule has 1 aromatic carbocycles. The number of aromatic nitrogens is 2. The maximum Gasteiger partial charge on any atom is 0.318 e. The first-order chi connectivity index (χ1) is 14.5. The largest absolute Gasteiger partial charge is 0.365 e. The molecule has 1 aromatic heterocycles. The summed E-state index contributed by atoms with van der Waals surface area (Å²) in [6, 6.07) is 5.60. The fraction of sp³-hybridized carbons (Fsp3) is 0.400. The number of rotatable bonds is 4. The number of amides is 4. The third-order valence-electron chi connectivity index (χ3n) is 5.62. The van der Waals surface area contributed by atoms with Crippen LogP contribution in [0.5, 0.6) is 0 Å². The summed E-state index contributed by atoms with van der Waals surface area (Å²) in [4.78, 5) is 39.1. The molecule has 9 nitrogen and oxygen atoms in total. The van der Waals surface area contributed by atoms with Crippen LogP contribution in [0.15, 0.2) is 24.3 Å². The number of primary amides is 1. The van der Waals surface area contributed by atoms with E-state index in [9.17, 15) is 18.8 Å². The van der Waals surface area contributed by atoms with Crippen LogP contribution in [-0.2, 0) is 17.9 Å². The van der Waals surface area contributed by atoms with Gasteiger partial charge in [0.05, 0.1) is 24.3 Å². The number of halogens is 1. The highest BCUT2D eigenvalue weighted by Crippen LogP contribution is 2.28. The van der Waals surface area contributed by atoms with E-state index in [0.29, 0.717) is 56.0 Å². The van der Waals surface area contributed by atoms with Gasteiger partial charge >= 0.3 is 6.03 Å². The summed E-state index contributed by atoms with van der Waals surface area (Å²) in [5.74, 6) is -1.10. The number of piperidine rings is 1. The zero-order valence-electron chi connectivity index (χ0n) is 16.4. The van der Waals surface area contributed by atoms with Crippen LogP contribution in [0.4, 0.5) is 9.18 Å². The molecule has 158 valence electrons. The minimum atomic E-state index is -0.668. The second kappa shape index (κ2) is 8.13. The normalized spacial score (nSPS) is 16.8. The number of benzene rings is 1. The van der Waals surface area contributed by atoms with E-state index >= 15 is 0 Å². The second-order valence-electron chi connectivity index (χ2n) is 7.55. The number of hydrogen-bond acceptors (Lipinski definition) is 4. The van der Waals surface area contributed by atoms with Crippen molar-refractivity contribution in [3.05, 3.63) is 41.3 Å². The van der Waals surface area contributed by atoms with Gasteiger partial charge in [-0.25, -0.2) is 9.18 Å². The van der Waals surface area contributed by atoms with Crippen molar-refractivity contribution in [1.29, 1.82) is 0 Å². The number of carbonyl (C=O) groups is 3. The SMILES string of the molecule is NC(=O)c1c(-c2cccc(F)c2)nn2c1CN(C(=O)NC1CCN(C=O)CC1)CC2. The molecule has 0 unspecified atom stereocenters. The third kappa shape index (κ3) is 3.85. The van der Waals surface area contributed by atoms with Crippen molar-refractivity contribution in [1.82, 2.24) is 24.9 Å². The summed E-state index contributed by atoms with van der Waals surface area (Å²) in [5.41, 5.74) is 7.15. The number of urea groups is 1. The van der Waals surface area contributed by atoms with Crippen LogP contribution in [0.2, 0.25) is 0 Å². The summed E-state index contributed by atoms with van der Waals surface area (Å²) in [7, 11) is 0. The highest BCUT2D eigenvalue weighted by Gasteiger charge is 2.30. The molecule has 10 heteroatoms. The number of nitrogens with two attached hydrogens (primary N) is 1. The minimum Gasteiger partial charge on any atom is -0.365 e. The van der Waals surface area contributed by atoms with Crippen LogP contribution in [0.25, 0.3) is 11.3 Å². The maximum absolute atomic E-state index is 13.7. The zero-order valence-corrected chi connectivity index (χ0v) is 16.4. The number of nitrogens with zero attached hydrogens (tertiary/aromatic N) is 4. The van der Waals surface area contributed by atoms with E-state index in [2.05, 4.69) is 10.4 Å². The van der Waals surface area contributed by atoms with Crippen LogP contribution < -0.4 is 11.1 Å². The van der Waals surface area contributed by atoms with Crippen molar-refractivity contribution in [3.8, 4) is 11.3 Å². The first kappa shape index (κ1) is 19.9. The molecular weight excluding hydrogens is 391 g/mol. The summed E-state index contributed by atoms with van der Waals surface area (Å²) >= 11 is 0. The van der Waals surface area contributed by atoms with Crippen molar-refractivity contribution in [2.24, 2.45) is 5.73 Å². The Balaban J connectivity index is 1.52. The van der Waals surface area contributed by atoms with Crippen LogP contribution in [0.1, 0.15) is 28.9 Å². The lowest BCUT2D eigenvalue weighted by atomic mass is 10.0. The fourth-order valence-corrected chi connectivity index (χ4v) is 4.00. The lowest BCUT2D eigenvalue weighted by molar-refractivity contribution is -0.119. The van der Waals surface area contributed by atoms with Gasteiger partial charge < -0.3 is 20.9 Å². The van der Waals surface area contributed by atoms with Gasteiger partial charge in [0, 0.05) is 31.2 Å². The standard InChI is InChI=1S/C20H23FN6O3/c21-14-3-1-2-13(10-14)18-17(19(22)29)16-11-26(8-9-27(16)24-18)20(30)23-15-4-6-25(12-28)7-5-15/h1-3,10,12,15H,4-9,11H2,(H2,22,29)(H,23,30). The van der Waals surface area contributed by atoms with Crippen molar-refractivity contribution in [2.45, 2.75) is 32.0 Å². The molecule has 1 saturated heterocycles. The molecule has 0 saturated carbocycles. The molecule has 3 N–H and O–H groups in total. The van der Waals surface area contributed by atoms with Crippen molar-refractivity contribution < 1.29 is 18.8 Å². The first-order valence-corrected chi connectivity index (χ1v) is 9.86. The Bertz CT molecular complexity index is 983. The van der Waals surface area contributed by atoms with E-state index in [-0.39, 0.29) is 24.2 Å². The monoisotopic (exact) mass is 414 g/mol. The number of carbonyl (C=O) groups excluding carboxylic acids is 3. The molecule has 3 heterocycles. The van der Waals surface area contributed by atoms with E-state index in [1.807, 2.05) is 0 Å². The summed E-state index contributed by atoms with van der Waals surface area (Å²) in [5, 5.41) is 7.47. The fourth-order valence-electron chi connectivity index (χ4n) is 4.00. The molecule has 2 aromatic rings. The smallest absolute Gasteiger partial charge is 0.318 e. The van der Waals surface area contributed by atoms with Crippen LogP contribution in [0.3, 0.4) is 0 Å². The van der Waals surface area contributed by atoms with E-state index in [1.165, 1.54) is 12.1 Å². The highest BCUT2D eigenvalue weighted by molar-refractivity contribution is 6.00. The van der Waals surface area contributed by atoms with Crippen LogP contribution in [0, 0.1) is 5.82 Å². The third-order valence-corrected chi connectivity index (χ3v) is 5.62. The Morgan fingerprint density at radius 2 is 1.97 bits per heavy atom. The van der Waals surface area contributed by atoms with Gasteiger partial charge in [-0.15, -0.1) is 0 Å². The van der Waals surface area contributed by atoms with Crippen molar-refractivity contribution >= 4 is 18.3 Å². The number of fused-ring (bicyclic) bond motifs is 1. The van der Waals surface area contributed by atoms with E-state index in [4.69, 9.17) is 5.73 Å². The van der Waals surface area contributed by atoms with Gasteiger partial charge in [-0.3, -0.25) is 14.3 Å². The van der Waals surface area contributed by atoms with E-state index in [1.54, 1.807) is 26.6 Å². The maximum atomic E-state index is 13.7. The molecule has 0 bridgehead atoms. The highest BCUT2D eigenvalue weighted by atomic mass is 19.1.